The second kappa shape index (κ2) is 9.48. The molecule has 140 valence electrons. The molecule has 1 aromatic heterocycles. The van der Waals surface area contributed by atoms with E-state index in [-0.39, 0.29) is 12.0 Å². The van der Waals surface area contributed by atoms with Gasteiger partial charge in [-0.25, -0.2) is 0 Å². The number of carbonyl (C=O) groups excluding carboxylic acids is 1. The van der Waals surface area contributed by atoms with Gasteiger partial charge in [-0.1, -0.05) is 35.5 Å². The Morgan fingerprint density at radius 3 is 2.92 bits per heavy atom. The number of hydrogen-bond acceptors (Lipinski definition) is 5. The molecule has 2 aromatic rings. The molecule has 0 spiro atoms. The van der Waals surface area contributed by atoms with Crippen LogP contribution in [0.4, 0.5) is 0 Å². The standard InChI is InChI=1S/C20H27N3O3/c1-16-21-19(22-26-16)12-14-25-18-10-6-13-23(15-18)20(24)11-5-9-17-7-3-2-4-8-17/h2-4,7-8,18H,5-6,9-15H2,1H3. The van der Waals surface area contributed by atoms with Crippen molar-refractivity contribution in [2.24, 2.45) is 0 Å². The summed E-state index contributed by atoms with van der Waals surface area (Å²) in [6.07, 6.45) is 5.18. The van der Waals surface area contributed by atoms with E-state index < -0.39 is 0 Å². The van der Waals surface area contributed by atoms with Gasteiger partial charge >= 0.3 is 0 Å². The van der Waals surface area contributed by atoms with Crippen LogP contribution in [-0.4, -0.2) is 46.7 Å². The van der Waals surface area contributed by atoms with E-state index in [1.54, 1.807) is 6.92 Å². The fourth-order valence-corrected chi connectivity index (χ4v) is 3.31. The molecule has 6 nitrogen and oxygen atoms in total. The fraction of sp³-hybridized carbons (Fsp3) is 0.550. The van der Waals surface area contributed by atoms with Crippen LogP contribution in [-0.2, 0) is 22.4 Å². The van der Waals surface area contributed by atoms with Crippen molar-refractivity contribution in [3.63, 3.8) is 0 Å². The number of ether oxygens (including phenoxy) is 1. The average molecular weight is 357 g/mol. The van der Waals surface area contributed by atoms with Crippen LogP contribution in [0.1, 0.15) is 43.0 Å². The lowest BCUT2D eigenvalue weighted by atomic mass is 10.1. The molecule has 1 fully saturated rings. The van der Waals surface area contributed by atoms with E-state index in [2.05, 4.69) is 22.3 Å². The van der Waals surface area contributed by atoms with Gasteiger partial charge in [0.25, 0.3) is 0 Å². The lowest BCUT2D eigenvalue weighted by molar-refractivity contribution is -0.135. The van der Waals surface area contributed by atoms with Crippen molar-refractivity contribution >= 4 is 5.91 Å². The van der Waals surface area contributed by atoms with Gasteiger partial charge in [0.1, 0.15) is 0 Å². The number of hydrogen-bond donors (Lipinski definition) is 0. The fourth-order valence-electron chi connectivity index (χ4n) is 3.31. The Bertz CT molecular complexity index is 687. The Balaban J connectivity index is 1.36. The summed E-state index contributed by atoms with van der Waals surface area (Å²) in [4.78, 5) is 18.6. The van der Waals surface area contributed by atoms with E-state index in [1.165, 1.54) is 5.56 Å². The molecule has 2 heterocycles. The molecule has 26 heavy (non-hydrogen) atoms. The predicted octanol–water partition coefficient (Wildman–Crippen LogP) is 2.95. The molecule has 6 heteroatoms. The second-order valence-corrected chi connectivity index (χ2v) is 6.79. The Labute approximate surface area is 154 Å². The van der Waals surface area contributed by atoms with Crippen LogP contribution in [0.15, 0.2) is 34.9 Å². The summed E-state index contributed by atoms with van der Waals surface area (Å²) in [5.74, 6) is 1.49. The minimum Gasteiger partial charge on any atom is -0.376 e. The molecule has 0 aliphatic carbocycles. The van der Waals surface area contributed by atoms with Crippen LogP contribution in [0.25, 0.3) is 0 Å². The number of amides is 1. The number of nitrogens with zero attached hydrogens (tertiary/aromatic N) is 3. The molecule has 1 aliphatic heterocycles. The summed E-state index contributed by atoms with van der Waals surface area (Å²) in [6.45, 7) is 3.86. The molecule has 1 aliphatic rings. The summed E-state index contributed by atoms with van der Waals surface area (Å²) in [5.41, 5.74) is 1.29. The molecule has 1 aromatic carbocycles. The van der Waals surface area contributed by atoms with Gasteiger partial charge in [-0.3, -0.25) is 4.79 Å². The first-order valence-corrected chi connectivity index (χ1v) is 9.43. The number of piperidine rings is 1. The number of aromatic nitrogens is 2. The highest BCUT2D eigenvalue weighted by Gasteiger charge is 2.23. The van der Waals surface area contributed by atoms with Crippen molar-refractivity contribution in [3.05, 3.63) is 47.6 Å². The van der Waals surface area contributed by atoms with Crippen LogP contribution < -0.4 is 0 Å². The Kier molecular flexibility index (Phi) is 6.77. The van der Waals surface area contributed by atoms with Gasteiger partial charge in [0.15, 0.2) is 5.82 Å². The minimum atomic E-state index is 0.106. The summed E-state index contributed by atoms with van der Waals surface area (Å²) < 4.78 is 10.9. The molecule has 0 N–H and O–H groups in total. The zero-order valence-corrected chi connectivity index (χ0v) is 15.4. The van der Waals surface area contributed by atoms with Crippen molar-refractivity contribution in [2.45, 2.75) is 51.6 Å². The number of carbonyl (C=O) groups is 1. The molecule has 0 radical (unpaired) electrons. The van der Waals surface area contributed by atoms with Crippen LogP contribution in [0.3, 0.4) is 0 Å². The van der Waals surface area contributed by atoms with Crippen molar-refractivity contribution in [3.8, 4) is 0 Å². The van der Waals surface area contributed by atoms with Gasteiger partial charge in [0.05, 0.1) is 12.7 Å². The van der Waals surface area contributed by atoms with E-state index in [9.17, 15) is 4.79 Å². The smallest absolute Gasteiger partial charge is 0.223 e. The van der Waals surface area contributed by atoms with E-state index in [0.717, 1.165) is 32.2 Å². The Hall–Kier alpha value is -2.21. The van der Waals surface area contributed by atoms with Crippen molar-refractivity contribution in [1.29, 1.82) is 0 Å². The molecule has 3 rings (SSSR count). The van der Waals surface area contributed by atoms with Crippen molar-refractivity contribution in [2.75, 3.05) is 19.7 Å². The van der Waals surface area contributed by atoms with Crippen LogP contribution >= 0.6 is 0 Å². The number of aryl methyl sites for hydroxylation is 2. The maximum Gasteiger partial charge on any atom is 0.223 e. The number of likely N-dealkylation sites (tertiary alicyclic amines) is 1. The summed E-state index contributed by atoms with van der Waals surface area (Å²) in [7, 11) is 0. The highest BCUT2D eigenvalue weighted by Crippen LogP contribution is 2.16. The molecule has 0 bridgehead atoms. The Morgan fingerprint density at radius 1 is 1.31 bits per heavy atom. The first kappa shape index (κ1) is 18.6. The topological polar surface area (TPSA) is 68.5 Å². The van der Waals surface area contributed by atoms with E-state index >= 15 is 0 Å². The zero-order valence-electron chi connectivity index (χ0n) is 15.4. The van der Waals surface area contributed by atoms with Gasteiger partial charge in [0.2, 0.25) is 11.8 Å². The lowest BCUT2D eigenvalue weighted by Crippen LogP contribution is -2.43. The number of rotatable bonds is 8. The summed E-state index contributed by atoms with van der Waals surface area (Å²) >= 11 is 0. The second-order valence-electron chi connectivity index (χ2n) is 6.79. The van der Waals surface area contributed by atoms with Gasteiger partial charge < -0.3 is 14.2 Å². The van der Waals surface area contributed by atoms with Gasteiger partial charge in [0, 0.05) is 32.9 Å². The first-order valence-electron chi connectivity index (χ1n) is 9.43. The highest BCUT2D eigenvalue weighted by atomic mass is 16.5. The largest absolute Gasteiger partial charge is 0.376 e. The normalized spacial score (nSPS) is 17.4. The SMILES string of the molecule is Cc1nc(CCOC2CCCN(C(=O)CCCc3ccccc3)C2)no1. The van der Waals surface area contributed by atoms with Crippen LogP contribution in [0.5, 0.6) is 0 Å². The minimum absolute atomic E-state index is 0.106. The van der Waals surface area contributed by atoms with E-state index in [4.69, 9.17) is 9.26 Å². The van der Waals surface area contributed by atoms with Gasteiger partial charge in [-0.2, -0.15) is 4.98 Å². The average Bonchev–Trinajstić information content (AvgIpc) is 3.08. The molecule has 1 atom stereocenters. The third-order valence-corrected chi connectivity index (χ3v) is 4.68. The van der Waals surface area contributed by atoms with Crippen LogP contribution in [0.2, 0.25) is 0 Å². The molecule has 1 saturated heterocycles. The molecule has 0 saturated carbocycles. The molecule has 1 amide bonds. The zero-order chi connectivity index (χ0) is 18.2. The van der Waals surface area contributed by atoms with Crippen molar-refractivity contribution < 1.29 is 14.1 Å². The van der Waals surface area contributed by atoms with Crippen molar-refractivity contribution in [1.82, 2.24) is 15.0 Å². The molecular weight excluding hydrogens is 330 g/mol. The third-order valence-electron chi connectivity index (χ3n) is 4.68. The predicted molar refractivity (Wildman–Crippen MR) is 97.7 cm³/mol. The van der Waals surface area contributed by atoms with Gasteiger partial charge in [-0.05, 0) is 31.2 Å². The molecular formula is C20H27N3O3. The van der Waals surface area contributed by atoms with Gasteiger partial charge in [-0.15, -0.1) is 0 Å². The maximum absolute atomic E-state index is 12.5. The summed E-state index contributed by atoms with van der Waals surface area (Å²) in [5, 5.41) is 3.87. The quantitative estimate of drug-likeness (QED) is 0.726. The first-order chi connectivity index (χ1) is 12.7. The van der Waals surface area contributed by atoms with E-state index in [0.29, 0.717) is 37.7 Å². The van der Waals surface area contributed by atoms with E-state index in [1.807, 2.05) is 23.1 Å². The maximum atomic E-state index is 12.5. The summed E-state index contributed by atoms with van der Waals surface area (Å²) in [6, 6.07) is 10.3. The molecule has 1 unspecified atom stereocenters. The lowest BCUT2D eigenvalue weighted by Gasteiger charge is -2.32. The third kappa shape index (κ3) is 5.66. The number of benzene rings is 1. The Morgan fingerprint density at radius 2 is 2.15 bits per heavy atom. The van der Waals surface area contributed by atoms with Crippen LogP contribution in [0, 0.1) is 6.92 Å². The monoisotopic (exact) mass is 357 g/mol. The highest BCUT2D eigenvalue weighted by molar-refractivity contribution is 5.76.